The maximum atomic E-state index is 12.5. The molecule has 1 aliphatic rings. The zero-order chi connectivity index (χ0) is 13.4. The van der Waals surface area contributed by atoms with Crippen LogP contribution in [0.1, 0.15) is 38.1 Å². The summed E-state index contributed by atoms with van der Waals surface area (Å²) in [5.41, 5.74) is -0.0857. The number of H-pyrrole nitrogens is 1. The van der Waals surface area contributed by atoms with Crippen LogP contribution in [0.25, 0.3) is 10.9 Å². The van der Waals surface area contributed by atoms with Crippen molar-refractivity contribution in [1.82, 2.24) is 9.55 Å². The van der Waals surface area contributed by atoms with Gasteiger partial charge < -0.3 is 4.98 Å². The predicted molar refractivity (Wildman–Crippen MR) is 76.0 cm³/mol. The Hall–Kier alpha value is -1.55. The van der Waals surface area contributed by atoms with E-state index in [1.54, 1.807) is 18.2 Å². The summed E-state index contributed by atoms with van der Waals surface area (Å²) < 4.78 is 1.35. The third kappa shape index (κ3) is 2.10. The van der Waals surface area contributed by atoms with E-state index in [9.17, 15) is 9.59 Å². The molecule has 0 atom stereocenters. The maximum Gasteiger partial charge on any atom is 0.329 e. The lowest BCUT2D eigenvalue weighted by Crippen LogP contribution is -2.38. The summed E-state index contributed by atoms with van der Waals surface area (Å²) in [7, 11) is 0. The van der Waals surface area contributed by atoms with Crippen molar-refractivity contribution in [3.63, 3.8) is 0 Å². The highest BCUT2D eigenvalue weighted by Crippen LogP contribution is 2.26. The number of nitrogens with one attached hydrogen (secondary N) is 1. The summed E-state index contributed by atoms with van der Waals surface area (Å²) in [6, 6.07) is 5.11. The predicted octanol–water partition coefficient (Wildman–Crippen LogP) is 2.85. The SMILES string of the molecule is O=c1[nH]c2cccc(Cl)c2c(=O)n1C1CCCCC1. The zero-order valence-electron chi connectivity index (χ0n) is 10.5. The Balaban J connectivity index is 2.27. The second kappa shape index (κ2) is 4.85. The van der Waals surface area contributed by atoms with Crippen LogP contribution in [0.3, 0.4) is 0 Å². The van der Waals surface area contributed by atoms with Crippen molar-refractivity contribution < 1.29 is 0 Å². The number of rotatable bonds is 1. The smallest absolute Gasteiger partial charge is 0.307 e. The minimum absolute atomic E-state index is 0.00525. The van der Waals surface area contributed by atoms with Crippen molar-refractivity contribution >= 4 is 22.5 Å². The van der Waals surface area contributed by atoms with Crippen LogP contribution in [0.2, 0.25) is 5.02 Å². The van der Waals surface area contributed by atoms with Gasteiger partial charge in [-0.05, 0) is 25.0 Å². The Morgan fingerprint density at radius 3 is 2.63 bits per heavy atom. The number of halogens is 1. The Kier molecular flexibility index (Phi) is 3.19. The minimum Gasteiger partial charge on any atom is -0.307 e. The first-order chi connectivity index (χ1) is 9.18. The van der Waals surface area contributed by atoms with E-state index in [4.69, 9.17) is 11.6 Å². The van der Waals surface area contributed by atoms with E-state index in [2.05, 4.69) is 4.98 Å². The molecule has 0 radical (unpaired) electrons. The Morgan fingerprint density at radius 1 is 1.16 bits per heavy atom. The molecule has 4 nitrogen and oxygen atoms in total. The molecule has 1 aliphatic carbocycles. The Morgan fingerprint density at radius 2 is 1.89 bits per heavy atom. The first-order valence-electron chi connectivity index (χ1n) is 6.61. The van der Waals surface area contributed by atoms with Gasteiger partial charge in [0.15, 0.2) is 0 Å². The molecule has 1 aromatic heterocycles. The zero-order valence-corrected chi connectivity index (χ0v) is 11.2. The van der Waals surface area contributed by atoms with Crippen molar-refractivity contribution in [1.29, 1.82) is 0 Å². The average Bonchev–Trinajstić information content (AvgIpc) is 2.39. The van der Waals surface area contributed by atoms with Gasteiger partial charge in [-0.15, -0.1) is 0 Å². The van der Waals surface area contributed by atoms with E-state index in [1.165, 1.54) is 11.0 Å². The largest absolute Gasteiger partial charge is 0.329 e. The molecule has 0 aliphatic heterocycles. The third-order valence-corrected chi connectivity index (χ3v) is 4.16. The second-order valence-electron chi connectivity index (χ2n) is 5.06. The number of aromatic amines is 1. The molecule has 1 saturated carbocycles. The molecule has 19 heavy (non-hydrogen) atoms. The van der Waals surface area contributed by atoms with E-state index >= 15 is 0 Å². The first-order valence-corrected chi connectivity index (χ1v) is 6.99. The molecule has 3 rings (SSSR count). The number of aromatic nitrogens is 2. The van der Waals surface area contributed by atoms with E-state index in [-0.39, 0.29) is 17.3 Å². The highest BCUT2D eigenvalue weighted by atomic mass is 35.5. The molecular formula is C14H15ClN2O2. The maximum absolute atomic E-state index is 12.5. The topological polar surface area (TPSA) is 54.9 Å². The quantitative estimate of drug-likeness (QED) is 0.872. The number of benzene rings is 1. The van der Waals surface area contributed by atoms with Crippen molar-refractivity contribution in [2.75, 3.05) is 0 Å². The molecule has 5 heteroatoms. The fourth-order valence-corrected chi connectivity index (χ4v) is 3.16. The van der Waals surface area contributed by atoms with Gasteiger partial charge in [-0.25, -0.2) is 4.79 Å². The first kappa shape index (κ1) is 12.5. The van der Waals surface area contributed by atoms with Crippen molar-refractivity contribution in [3.8, 4) is 0 Å². The van der Waals surface area contributed by atoms with Gasteiger partial charge in [0.25, 0.3) is 5.56 Å². The summed E-state index contributed by atoms with van der Waals surface area (Å²) in [5, 5.41) is 0.803. The van der Waals surface area contributed by atoms with Crippen molar-refractivity contribution in [2.24, 2.45) is 0 Å². The molecule has 0 amide bonds. The standard InChI is InChI=1S/C14H15ClN2O2/c15-10-7-4-8-11-12(10)13(18)17(14(19)16-11)9-5-2-1-3-6-9/h4,7-9H,1-3,5-6H2,(H,16,19). The number of hydrogen-bond donors (Lipinski definition) is 1. The van der Waals surface area contributed by atoms with Gasteiger partial charge >= 0.3 is 5.69 Å². The normalized spacial score (nSPS) is 16.9. The molecule has 100 valence electrons. The van der Waals surface area contributed by atoms with Crippen LogP contribution < -0.4 is 11.2 Å². The Labute approximate surface area is 115 Å². The lowest BCUT2D eigenvalue weighted by molar-refractivity contribution is 0.338. The van der Waals surface area contributed by atoms with Crippen LogP contribution in [0.5, 0.6) is 0 Å². The van der Waals surface area contributed by atoms with Gasteiger partial charge in [-0.2, -0.15) is 0 Å². The van der Waals surface area contributed by atoms with E-state index in [0.717, 1.165) is 25.7 Å². The third-order valence-electron chi connectivity index (χ3n) is 3.85. The minimum atomic E-state index is -0.327. The van der Waals surface area contributed by atoms with Gasteiger partial charge in [0, 0.05) is 6.04 Å². The fourth-order valence-electron chi connectivity index (χ4n) is 2.90. The molecule has 0 unspecified atom stereocenters. The van der Waals surface area contributed by atoms with Gasteiger partial charge in [0.1, 0.15) is 0 Å². The van der Waals surface area contributed by atoms with Crippen LogP contribution in [-0.2, 0) is 0 Å². The van der Waals surface area contributed by atoms with E-state index < -0.39 is 0 Å². The summed E-state index contributed by atoms with van der Waals surface area (Å²) in [6.07, 6.45) is 5.09. The Bertz CT molecular complexity index is 726. The molecule has 0 saturated heterocycles. The molecule has 0 spiro atoms. The molecule has 1 N–H and O–H groups in total. The monoisotopic (exact) mass is 278 g/mol. The summed E-state index contributed by atoms with van der Waals surface area (Å²) in [5.74, 6) is 0. The summed E-state index contributed by atoms with van der Waals surface area (Å²) >= 11 is 6.09. The van der Waals surface area contributed by atoms with E-state index in [0.29, 0.717) is 15.9 Å². The molecule has 1 aromatic carbocycles. The van der Waals surface area contributed by atoms with Crippen molar-refractivity contribution in [2.45, 2.75) is 38.1 Å². The van der Waals surface area contributed by atoms with Gasteiger partial charge in [-0.1, -0.05) is 36.9 Å². The van der Waals surface area contributed by atoms with Crippen LogP contribution in [-0.4, -0.2) is 9.55 Å². The van der Waals surface area contributed by atoms with Gasteiger partial charge in [0.2, 0.25) is 0 Å². The summed E-state index contributed by atoms with van der Waals surface area (Å²) in [6.45, 7) is 0. The number of hydrogen-bond acceptors (Lipinski definition) is 2. The van der Waals surface area contributed by atoms with Crippen LogP contribution >= 0.6 is 11.6 Å². The molecular weight excluding hydrogens is 264 g/mol. The van der Waals surface area contributed by atoms with Gasteiger partial charge in [0.05, 0.1) is 15.9 Å². The molecule has 1 fully saturated rings. The van der Waals surface area contributed by atoms with Gasteiger partial charge in [-0.3, -0.25) is 9.36 Å². The number of nitrogens with zero attached hydrogens (tertiary/aromatic N) is 1. The fraction of sp³-hybridized carbons (Fsp3) is 0.429. The molecule has 0 bridgehead atoms. The van der Waals surface area contributed by atoms with Crippen LogP contribution in [0.4, 0.5) is 0 Å². The van der Waals surface area contributed by atoms with E-state index in [1.807, 2.05) is 0 Å². The van der Waals surface area contributed by atoms with Crippen LogP contribution in [0.15, 0.2) is 27.8 Å². The lowest BCUT2D eigenvalue weighted by atomic mass is 9.95. The second-order valence-corrected chi connectivity index (χ2v) is 5.47. The lowest BCUT2D eigenvalue weighted by Gasteiger charge is -2.23. The molecule has 1 heterocycles. The average molecular weight is 279 g/mol. The highest BCUT2D eigenvalue weighted by Gasteiger charge is 2.20. The summed E-state index contributed by atoms with van der Waals surface area (Å²) in [4.78, 5) is 27.4. The highest BCUT2D eigenvalue weighted by molar-refractivity contribution is 6.35. The number of fused-ring (bicyclic) bond motifs is 1. The van der Waals surface area contributed by atoms with Crippen molar-refractivity contribution in [3.05, 3.63) is 44.1 Å². The molecule has 2 aromatic rings. The van der Waals surface area contributed by atoms with Crippen LogP contribution in [0, 0.1) is 0 Å².